The number of carbonyl (C=O) groups excluding carboxylic acids is 1. The highest BCUT2D eigenvalue weighted by Gasteiger charge is 2.34. The fraction of sp³-hybridized carbons (Fsp3) is 0.500. The first kappa shape index (κ1) is 16.9. The summed E-state index contributed by atoms with van der Waals surface area (Å²) in [5.74, 6) is -1.76. The predicted octanol–water partition coefficient (Wildman–Crippen LogP) is 2.32. The molecular formula is C14H19ClF2N2O. The average Bonchev–Trinajstić information content (AvgIpc) is 2.83. The van der Waals surface area contributed by atoms with Gasteiger partial charge in [-0.3, -0.25) is 4.79 Å². The van der Waals surface area contributed by atoms with Crippen LogP contribution in [0, 0.1) is 11.6 Å². The largest absolute Gasteiger partial charge is 0.349 e. The summed E-state index contributed by atoms with van der Waals surface area (Å²) in [7, 11) is 0. The van der Waals surface area contributed by atoms with Gasteiger partial charge in [-0.15, -0.1) is 12.4 Å². The van der Waals surface area contributed by atoms with Gasteiger partial charge in [-0.2, -0.15) is 0 Å². The number of benzene rings is 1. The molecule has 1 saturated carbocycles. The molecule has 6 heteroatoms. The van der Waals surface area contributed by atoms with E-state index in [1.807, 2.05) is 0 Å². The van der Waals surface area contributed by atoms with Gasteiger partial charge in [0.15, 0.2) is 0 Å². The molecule has 2 rings (SSSR count). The van der Waals surface area contributed by atoms with Crippen LogP contribution < -0.4 is 11.1 Å². The molecule has 112 valence electrons. The minimum atomic E-state index is -0.691. The minimum Gasteiger partial charge on any atom is -0.349 e. The molecule has 0 atom stereocenters. The van der Waals surface area contributed by atoms with Crippen LogP contribution in [0.2, 0.25) is 0 Å². The molecule has 0 heterocycles. The SMILES string of the molecule is Cl.NCC1(NC(=O)Cc2c(F)cccc2F)CCCC1. The van der Waals surface area contributed by atoms with Crippen molar-refractivity contribution in [1.82, 2.24) is 5.32 Å². The summed E-state index contributed by atoms with van der Waals surface area (Å²) in [6, 6.07) is 3.59. The highest BCUT2D eigenvalue weighted by atomic mass is 35.5. The first-order valence-corrected chi connectivity index (χ1v) is 6.50. The minimum absolute atomic E-state index is 0. The van der Waals surface area contributed by atoms with E-state index in [9.17, 15) is 13.6 Å². The van der Waals surface area contributed by atoms with Crippen molar-refractivity contribution in [3.63, 3.8) is 0 Å². The molecule has 3 N–H and O–H groups in total. The lowest BCUT2D eigenvalue weighted by atomic mass is 9.97. The first-order chi connectivity index (χ1) is 9.06. The van der Waals surface area contributed by atoms with Gasteiger partial charge in [-0.25, -0.2) is 8.78 Å². The summed E-state index contributed by atoms with van der Waals surface area (Å²) in [4.78, 5) is 11.9. The number of nitrogens with two attached hydrogens (primary N) is 1. The van der Waals surface area contributed by atoms with Crippen LogP contribution in [0.25, 0.3) is 0 Å². The molecule has 0 bridgehead atoms. The number of carbonyl (C=O) groups is 1. The van der Waals surface area contributed by atoms with Gasteiger partial charge >= 0.3 is 0 Å². The molecule has 0 spiro atoms. The molecule has 1 fully saturated rings. The van der Waals surface area contributed by atoms with Gasteiger partial charge in [0, 0.05) is 12.1 Å². The van der Waals surface area contributed by atoms with Crippen LogP contribution >= 0.6 is 12.4 Å². The third kappa shape index (κ3) is 3.67. The molecule has 0 saturated heterocycles. The second-order valence-electron chi connectivity index (χ2n) is 5.12. The molecule has 0 aromatic heterocycles. The molecule has 1 aliphatic rings. The fourth-order valence-corrected chi connectivity index (χ4v) is 2.63. The zero-order chi connectivity index (χ0) is 13.9. The lowest BCUT2D eigenvalue weighted by Gasteiger charge is -2.28. The molecule has 0 unspecified atom stereocenters. The Hall–Kier alpha value is -1.20. The van der Waals surface area contributed by atoms with Gasteiger partial charge in [-0.1, -0.05) is 18.9 Å². The summed E-state index contributed by atoms with van der Waals surface area (Å²) in [5.41, 5.74) is 5.13. The van der Waals surface area contributed by atoms with E-state index in [1.54, 1.807) is 0 Å². The highest BCUT2D eigenvalue weighted by molar-refractivity contribution is 5.85. The average molecular weight is 305 g/mol. The molecule has 1 amide bonds. The van der Waals surface area contributed by atoms with Crippen molar-refractivity contribution in [3.05, 3.63) is 35.4 Å². The molecule has 1 aromatic carbocycles. The number of hydrogen-bond acceptors (Lipinski definition) is 2. The fourth-order valence-electron chi connectivity index (χ4n) is 2.63. The van der Waals surface area contributed by atoms with Crippen LogP contribution in [0.15, 0.2) is 18.2 Å². The second-order valence-corrected chi connectivity index (χ2v) is 5.12. The van der Waals surface area contributed by atoms with Gasteiger partial charge in [0.1, 0.15) is 11.6 Å². The topological polar surface area (TPSA) is 55.1 Å². The first-order valence-electron chi connectivity index (χ1n) is 6.50. The molecule has 1 aliphatic carbocycles. The Morgan fingerprint density at radius 3 is 2.30 bits per heavy atom. The number of nitrogens with one attached hydrogen (secondary N) is 1. The van der Waals surface area contributed by atoms with Crippen LogP contribution in [-0.4, -0.2) is 18.0 Å². The van der Waals surface area contributed by atoms with Crippen molar-refractivity contribution in [3.8, 4) is 0 Å². The zero-order valence-electron chi connectivity index (χ0n) is 11.1. The number of halogens is 3. The van der Waals surface area contributed by atoms with Crippen molar-refractivity contribution < 1.29 is 13.6 Å². The maximum Gasteiger partial charge on any atom is 0.225 e. The van der Waals surface area contributed by atoms with Gasteiger partial charge < -0.3 is 11.1 Å². The van der Waals surface area contributed by atoms with E-state index in [0.29, 0.717) is 6.54 Å². The zero-order valence-corrected chi connectivity index (χ0v) is 11.9. The summed E-state index contributed by atoms with van der Waals surface area (Å²) in [6.07, 6.45) is 3.40. The Morgan fingerprint density at radius 1 is 1.25 bits per heavy atom. The Balaban J connectivity index is 0.00000200. The number of rotatable bonds is 4. The second kappa shape index (κ2) is 6.99. The predicted molar refractivity (Wildman–Crippen MR) is 75.7 cm³/mol. The van der Waals surface area contributed by atoms with E-state index in [0.717, 1.165) is 37.8 Å². The summed E-state index contributed by atoms with van der Waals surface area (Å²) in [5, 5.41) is 2.85. The maximum atomic E-state index is 13.5. The van der Waals surface area contributed by atoms with Gasteiger partial charge in [0.05, 0.1) is 12.0 Å². The van der Waals surface area contributed by atoms with Crippen LogP contribution in [0.4, 0.5) is 8.78 Å². The van der Waals surface area contributed by atoms with Gasteiger partial charge in [-0.05, 0) is 25.0 Å². The normalized spacial score (nSPS) is 16.6. The van der Waals surface area contributed by atoms with Crippen molar-refractivity contribution in [2.75, 3.05) is 6.54 Å². The van der Waals surface area contributed by atoms with E-state index in [2.05, 4.69) is 5.32 Å². The van der Waals surface area contributed by atoms with Crippen LogP contribution in [0.3, 0.4) is 0 Å². The van der Waals surface area contributed by atoms with E-state index < -0.39 is 17.2 Å². The van der Waals surface area contributed by atoms with Crippen molar-refractivity contribution in [2.45, 2.75) is 37.6 Å². The van der Waals surface area contributed by atoms with E-state index >= 15 is 0 Å². The van der Waals surface area contributed by atoms with E-state index in [-0.39, 0.29) is 30.3 Å². The number of amides is 1. The lowest BCUT2D eigenvalue weighted by molar-refractivity contribution is -0.122. The third-order valence-corrected chi connectivity index (χ3v) is 3.76. The molecular weight excluding hydrogens is 286 g/mol. The molecule has 0 aliphatic heterocycles. The van der Waals surface area contributed by atoms with Crippen molar-refractivity contribution in [1.29, 1.82) is 0 Å². The summed E-state index contributed by atoms with van der Waals surface area (Å²) >= 11 is 0. The Morgan fingerprint density at radius 2 is 1.80 bits per heavy atom. The summed E-state index contributed by atoms with van der Waals surface area (Å²) < 4.78 is 26.9. The molecule has 20 heavy (non-hydrogen) atoms. The smallest absolute Gasteiger partial charge is 0.225 e. The van der Waals surface area contributed by atoms with Crippen LogP contribution in [-0.2, 0) is 11.2 Å². The highest BCUT2D eigenvalue weighted by Crippen LogP contribution is 2.28. The van der Waals surface area contributed by atoms with E-state index in [4.69, 9.17) is 5.73 Å². The maximum absolute atomic E-state index is 13.5. The third-order valence-electron chi connectivity index (χ3n) is 3.76. The van der Waals surface area contributed by atoms with Crippen molar-refractivity contribution >= 4 is 18.3 Å². The molecule has 1 aromatic rings. The van der Waals surface area contributed by atoms with Crippen LogP contribution in [0.1, 0.15) is 31.2 Å². The lowest BCUT2D eigenvalue weighted by Crippen LogP contribution is -2.52. The van der Waals surface area contributed by atoms with Gasteiger partial charge in [0.25, 0.3) is 0 Å². The molecule has 3 nitrogen and oxygen atoms in total. The molecule has 0 radical (unpaired) electrons. The Labute approximate surface area is 123 Å². The van der Waals surface area contributed by atoms with Crippen LogP contribution in [0.5, 0.6) is 0 Å². The quantitative estimate of drug-likeness (QED) is 0.897. The van der Waals surface area contributed by atoms with Crippen molar-refractivity contribution in [2.24, 2.45) is 5.73 Å². The van der Waals surface area contributed by atoms with E-state index in [1.165, 1.54) is 6.07 Å². The standard InChI is InChI=1S/C14H18F2N2O.ClH/c15-11-4-3-5-12(16)10(11)8-13(19)18-14(9-17)6-1-2-7-14;/h3-5H,1-2,6-9,17H2,(H,18,19);1H. The summed E-state index contributed by atoms with van der Waals surface area (Å²) in [6.45, 7) is 0.360. The monoisotopic (exact) mass is 304 g/mol. The Bertz CT molecular complexity index is 456. The number of hydrogen-bond donors (Lipinski definition) is 2. The van der Waals surface area contributed by atoms with Gasteiger partial charge in [0.2, 0.25) is 5.91 Å². The Kier molecular flexibility index (Phi) is 5.89.